The molecule has 0 unspecified atom stereocenters. The lowest BCUT2D eigenvalue weighted by molar-refractivity contribution is 0.111. The molecule has 0 bridgehead atoms. The minimum Gasteiger partial charge on any atom is -0.447 e. The number of anilines is 3. The van der Waals surface area contributed by atoms with Crippen LogP contribution in [0, 0.1) is 11.3 Å². The lowest BCUT2D eigenvalue weighted by Crippen LogP contribution is -2.40. The number of aldehydes is 1. The van der Waals surface area contributed by atoms with E-state index in [1.54, 1.807) is 18.1 Å². The fourth-order valence-corrected chi connectivity index (χ4v) is 4.71. The van der Waals surface area contributed by atoms with Gasteiger partial charge in [0.25, 0.3) is 0 Å². The highest BCUT2D eigenvalue weighted by molar-refractivity contribution is 6.01. The molecule has 4 heterocycles. The van der Waals surface area contributed by atoms with Gasteiger partial charge in [-0.15, -0.1) is 0 Å². The molecule has 0 atom stereocenters. The number of nitrogens with one attached hydrogen (secondary N) is 2. The van der Waals surface area contributed by atoms with Crippen LogP contribution >= 0.6 is 0 Å². The third-order valence-electron chi connectivity index (χ3n) is 6.93. The van der Waals surface area contributed by atoms with E-state index in [-0.39, 0.29) is 29.7 Å². The summed E-state index contributed by atoms with van der Waals surface area (Å²) < 4.78 is 10.3. The normalized spacial score (nSPS) is 17.1. The first-order valence-corrected chi connectivity index (χ1v) is 12.1. The van der Waals surface area contributed by atoms with Gasteiger partial charge < -0.3 is 14.8 Å². The summed E-state index contributed by atoms with van der Waals surface area (Å²) in [4.78, 5) is 49.3. The Kier molecular flexibility index (Phi) is 6.62. The summed E-state index contributed by atoms with van der Waals surface area (Å²) in [6, 6.07) is 5.08. The van der Waals surface area contributed by atoms with E-state index in [1.807, 2.05) is 6.07 Å². The summed E-state index contributed by atoms with van der Waals surface area (Å²) in [7, 11) is 1.58. The van der Waals surface area contributed by atoms with E-state index in [0.29, 0.717) is 68.1 Å². The second-order valence-corrected chi connectivity index (χ2v) is 9.33. The Balaban J connectivity index is 1.36. The molecule has 12 heteroatoms. The number of pyridine rings is 2. The summed E-state index contributed by atoms with van der Waals surface area (Å²) in [6.07, 6.45) is 4.84. The molecule has 37 heavy (non-hydrogen) atoms. The molecule has 12 nitrogen and oxygen atoms in total. The van der Waals surface area contributed by atoms with Crippen molar-refractivity contribution in [3.05, 3.63) is 40.7 Å². The molecule has 1 saturated carbocycles. The molecule has 0 radical (unpaired) electrons. The quantitative estimate of drug-likeness (QED) is 0.408. The fraction of sp³-hybridized carbons (Fsp3) is 0.440. The lowest BCUT2D eigenvalue weighted by Gasteiger charge is -2.30. The predicted octanol–water partition coefficient (Wildman–Crippen LogP) is 2.69. The van der Waals surface area contributed by atoms with Gasteiger partial charge in [0.1, 0.15) is 30.0 Å². The lowest BCUT2D eigenvalue weighted by atomic mass is 10.0. The van der Waals surface area contributed by atoms with Crippen molar-refractivity contribution in [1.29, 1.82) is 5.26 Å². The van der Waals surface area contributed by atoms with Crippen molar-refractivity contribution in [3.8, 4) is 6.07 Å². The Morgan fingerprint density at radius 3 is 2.95 bits per heavy atom. The van der Waals surface area contributed by atoms with Crippen molar-refractivity contribution in [1.82, 2.24) is 14.9 Å². The van der Waals surface area contributed by atoms with Gasteiger partial charge in [0, 0.05) is 38.0 Å². The molecule has 0 aromatic carbocycles. The van der Waals surface area contributed by atoms with Crippen LogP contribution < -0.4 is 15.5 Å². The standard InChI is InChI=1S/C25H27N7O5/c1-36-8-6-27-19-10-21(28-12-18(19)11-26)30-23(34)31-7-2-3-16-9-17(20(14-33)29-22(16)31)13-32-24(35)37-15-25(32)4-5-25/h9-10,12,14H,2-8,13,15H2,1H3,(H2,27,28,30,34). The van der Waals surface area contributed by atoms with Crippen LogP contribution in [0.2, 0.25) is 0 Å². The van der Waals surface area contributed by atoms with Crippen LogP contribution in [0.5, 0.6) is 0 Å². The molecule has 2 aliphatic heterocycles. The maximum atomic E-state index is 13.2. The largest absolute Gasteiger partial charge is 0.447 e. The average molecular weight is 506 g/mol. The van der Waals surface area contributed by atoms with E-state index in [1.165, 1.54) is 11.1 Å². The second-order valence-electron chi connectivity index (χ2n) is 9.33. The number of nitriles is 1. The summed E-state index contributed by atoms with van der Waals surface area (Å²) in [5.41, 5.74) is 2.27. The molecule has 2 aromatic rings. The SMILES string of the molecule is COCCNc1cc(NC(=O)N2CCCc3cc(CN4C(=O)OCC45CC5)c(C=O)nc32)ncc1C#N. The molecule has 1 aliphatic carbocycles. The molecule has 1 saturated heterocycles. The zero-order chi connectivity index (χ0) is 26.0. The molecule has 3 aliphatic rings. The number of methoxy groups -OCH3 is 1. The highest BCUT2D eigenvalue weighted by atomic mass is 16.6. The molecular formula is C25H27N7O5. The zero-order valence-electron chi connectivity index (χ0n) is 20.5. The number of cyclic esters (lactones) is 1. The van der Waals surface area contributed by atoms with Crippen LogP contribution in [0.1, 0.15) is 46.4 Å². The van der Waals surface area contributed by atoms with Gasteiger partial charge in [-0.1, -0.05) is 0 Å². The monoisotopic (exact) mass is 505 g/mol. The van der Waals surface area contributed by atoms with E-state index in [0.717, 1.165) is 18.4 Å². The molecule has 3 amide bonds. The first-order chi connectivity index (χ1) is 18.0. The number of amides is 3. The smallest absolute Gasteiger partial charge is 0.410 e. The Labute approximate surface area is 213 Å². The van der Waals surface area contributed by atoms with Crippen molar-refractivity contribution >= 4 is 35.7 Å². The predicted molar refractivity (Wildman–Crippen MR) is 132 cm³/mol. The van der Waals surface area contributed by atoms with E-state index >= 15 is 0 Å². The summed E-state index contributed by atoms with van der Waals surface area (Å²) >= 11 is 0. The van der Waals surface area contributed by atoms with Gasteiger partial charge in [-0.25, -0.2) is 19.6 Å². The number of nitrogens with zero attached hydrogens (tertiary/aromatic N) is 5. The van der Waals surface area contributed by atoms with Crippen molar-refractivity contribution in [2.24, 2.45) is 0 Å². The highest BCUT2D eigenvalue weighted by Gasteiger charge is 2.56. The topological polar surface area (TPSA) is 150 Å². The molecular weight excluding hydrogens is 478 g/mol. The second kappa shape index (κ2) is 10.0. The fourth-order valence-electron chi connectivity index (χ4n) is 4.71. The number of carbonyl (C=O) groups excluding carboxylic acids is 3. The van der Waals surface area contributed by atoms with Gasteiger partial charge in [-0.2, -0.15) is 5.26 Å². The Morgan fingerprint density at radius 1 is 1.38 bits per heavy atom. The zero-order valence-corrected chi connectivity index (χ0v) is 20.5. The maximum absolute atomic E-state index is 13.2. The van der Waals surface area contributed by atoms with Gasteiger partial charge in [-0.3, -0.25) is 19.9 Å². The Hall–Kier alpha value is -4.24. The first kappa shape index (κ1) is 24.5. The van der Waals surface area contributed by atoms with Gasteiger partial charge >= 0.3 is 12.1 Å². The molecule has 1 spiro atoms. The number of urea groups is 1. The van der Waals surface area contributed by atoms with Crippen molar-refractivity contribution in [2.45, 2.75) is 37.8 Å². The van der Waals surface area contributed by atoms with E-state index < -0.39 is 6.03 Å². The third kappa shape index (κ3) is 4.77. The minimum atomic E-state index is -0.446. The number of ether oxygens (including phenoxy) is 2. The van der Waals surface area contributed by atoms with Crippen LogP contribution in [0.25, 0.3) is 0 Å². The van der Waals surface area contributed by atoms with Gasteiger partial charge in [0.15, 0.2) is 6.29 Å². The first-order valence-electron chi connectivity index (χ1n) is 12.1. The van der Waals surface area contributed by atoms with Crippen molar-refractivity contribution in [3.63, 3.8) is 0 Å². The van der Waals surface area contributed by atoms with E-state index in [4.69, 9.17) is 9.47 Å². The average Bonchev–Trinajstić information content (AvgIpc) is 3.64. The maximum Gasteiger partial charge on any atom is 0.410 e. The Morgan fingerprint density at radius 2 is 2.22 bits per heavy atom. The van der Waals surface area contributed by atoms with E-state index in [2.05, 4.69) is 26.7 Å². The number of aryl methyl sites for hydroxylation is 1. The molecule has 2 fully saturated rings. The van der Waals surface area contributed by atoms with Crippen LogP contribution in [-0.2, 0) is 22.4 Å². The van der Waals surface area contributed by atoms with Crippen molar-refractivity contribution < 1.29 is 23.9 Å². The third-order valence-corrected chi connectivity index (χ3v) is 6.93. The summed E-state index contributed by atoms with van der Waals surface area (Å²) in [5, 5.41) is 15.2. The number of hydrogen-bond acceptors (Lipinski definition) is 9. The van der Waals surface area contributed by atoms with Crippen LogP contribution in [0.4, 0.5) is 26.9 Å². The molecule has 2 N–H and O–H groups in total. The molecule has 5 rings (SSSR count). The summed E-state index contributed by atoms with van der Waals surface area (Å²) in [5.74, 6) is 0.678. The van der Waals surface area contributed by atoms with Gasteiger partial charge in [0.2, 0.25) is 0 Å². The van der Waals surface area contributed by atoms with Crippen LogP contribution in [0.3, 0.4) is 0 Å². The number of carbonyl (C=O) groups is 3. The van der Waals surface area contributed by atoms with Crippen LogP contribution in [-0.4, -0.2) is 72.2 Å². The van der Waals surface area contributed by atoms with Gasteiger partial charge in [-0.05, 0) is 37.3 Å². The number of aromatic nitrogens is 2. The van der Waals surface area contributed by atoms with Crippen LogP contribution in [0.15, 0.2) is 18.3 Å². The number of rotatable bonds is 8. The van der Waals surface area contributed by atoms with Crippen molar-refractivity contribution in [2.75, 3.05) is 48.9 Å². The van der Waals surface area contributed by atoms with E-state index in [9.17, 15) is 19.6 Å². The number of hydrogen-bond donors (Lipinski definition) is 2. The molecule has 192 valence electrons. The highest BCUT2D eigenvalue weighted by Crippen LogP contribution is 2.46. The molecule has 2 aromatic heterocycles. The minimum absolute atomic E-state index is 0.190. The Bertz CT molecular complexity index is 1290. The summed E-state index contributed by atoms with van der Waals surface area (Å²) in [6.45, 7) is 1.97. The number of fused-ring (bicyclic) bond motifs is 1. The van der Waals surface area contributed by atoms with Gasteiger partial charge in [0.05, 0.1) is 29.9 Å².